The fourth-order valence-electron chi connectivity index (χ4n) is 3.03. The van der Waals surface area contributed by atoms with Crippen LogP contribution in [0, 0.1) is 0 Å². The molecular formula is C21H19ClN3O3S2-. The number of aromatic nitrogens is 2. The van der Waals surface area contributed by atoms with E-state index in [1.165, 1.54) is 16.0 Å². The standard InChI is InChI=1S/C21H17ClN2O3S2.H3N/c1-27-15-8-6-13(7-9-15)18(14-10-11-28-12-14)24-21(26)19(20(25)23-24)29-17-5-3-2-4-16(17)22;/h2-12,18,26H,1H3,(H,23,25);1H3/p-1. The fraction of sp³-hybridized carbons (Fsp3) is 0.0952. The second kappa shape index (κ2) is 9.44. The molecule has 2 aromatic heterocycles. The van der Waals surface area contributed by atoms with Crippen LogP contribution in [0.5, 0.6) is 11.6 Å². The van der Waals surface area contributed by atoms with E-state index in [2.05, 4.69) is 5.10 Å². The van der Waals surface area contributed by atoms with E-state index in [-0.39, 0.29) is 16.9 Å². The molecule has 0 bridgehead atoms. The Bertz CT molecular complexity index is 1170. The number of methoxy groups -OCH3 is 1. The van der Waals surface area contributed by atoms with Crippen LogP contribution in [0.3, 0.4) is 0 Å². The minimum absolute atomic E-state index is 0. The second-order valence-corrected chi connectivity index (χ2v) is 8.45. The normalized spacial score (nSPS) is 11.7. The highest BCUT2D eigenvalue weighted by Gasteiger charge is 2.21. The first-order valence-corrected chi connectivity index (χ1v) is 10.8. The lowest BCUT2D eigenvalue weighted by molar-refractivity contribution is -0.284. The zero-order chi connectivity index (χ0) is 20.4. The first-order chi connectivity index (χ1) is 14.1. The van der Waals surface area contributed by atoms with E-state index in [1.54, 1.807) is 25.3 Å². The highest BCUT2D eigenvalue weighted by Crippen LogP contribution is 2.38. The molecular weight excluding hydrogens is 442 g/mol. The SMILES string of the molecule is COc1ccc(C(c2ccsc2)n2[nH]c(=O)c(Sc3ccccc3Cl)c2[O-])cc1.N. The largest absolute Gasteiger partial charge is 0.858 e. The van der Waals surface area contributed by atoms with Crippen molar-refractivity contribution in [3.05, 3.63) is 91.9 Å². The van der Waals surface area contributed by atoms with Gasteiger partial charge in [0, 0.05) is 10.8 Å². The van der Waals surface area contributed by atoms with Crippen LogP contribution in [0.15, 0.2) is 79.9 Å². The Hall–Kier alpha value is -2.65. The van der Waals surface area contributed by atoms with Crippen molar-refractivity contribution >= 4 is 34.7 Å². The van der Waals surface area contributed by atoms with Gasteiger partial charge in [0.1, 0.15) is 5.75 Å². The maximum atomic E-state index is 13.2. The van der Waals surface area contributed by atoms with Gasteiger partial charge in [-0.3, -0.25) is 14.6 Å². The van der Waals surface area contributed by atoms with E-state index >= 15 is 0 Å². The smallest absolute Gasteiger partial charge is 0.277 e. The predicted octanol–water partition coefficient (Wildman–Crippen LogP) is 4.92. The molecule has 0 aliphatic carbocycles. The van der Waals surface area contributed by atoms with Crippen molar-refractivity contribution in [2.24, 2.45) is 0 Å². The molecule has 1 atom stereocenters. The maximum Gasteiger partial charge on any atom is 0.277 e. The first kappa shape index (κ1) is 22.0. The molecule has 0 aliphatic rings. The van der Waals surface area contributed by atoms with Crippen molar-refractivity contribution in [2.75, 3.05) is 7.11 Å². The van der Waals surface area contributed by atoms with Gasteiger partial charge in [0.25, 0.3) is 5.56 Å². The van der Waals surface area contributed by atoms with Gasteiger partial charge in [-0.05, 0) is 52.2 Å². The van der Waals surface area contributed by atoms with Crippen molar-refractivity contribution in [1.29, 1.82) is 0 Å². The second-order valence-electron chi connectivity index (χ2n) is 6.21. The lowest BCUT2D eigenvalue weighted by atomic mass is 10.0. The van der Waals surface area contributed by atoms with Crippen LogP contribution < -0.4 is 21.6 Å². The summed E-state index contributed by atoms with van der Waals surface area (Å²) in [5, 5.41) is 20.3. The average molecular weight is 461 g/mol. The van der Waals surface area contributed by atoms with Crippen molar-refractivity contribution in [1.82, 2.24) is 15.9 Å². The van der Waals surface area contributed by atoms with Crippen LogP contribution in [0.2, 0.25) is 5.02 Å². The topological polar surface area (TPSA) is 105 Å². The molecule has 0 radical (unpaired) electrons. The monoisotopic (exact) mass is 460 g/mol. The zero-order valence-corrected chi connectivity index (χ0v) is 18.4. The fourth-order valence-corrected chi connectivity index (χ4v) is 4.82. The van der Waals surface area contributed by atoms with Crippen LogP contribution in [0.4, 0.5) is 0 Å². The van der Waals surface area contributed by atoms with Gasteiger partial charge in [-0.1, -0.05) is 47.6 Å². The molecule has 4 aromatic rings. The van der Waals surface area contributed by atoms with Crippen LogP contribution in [-0.2, 0) is 0 Å². The lowest BCUT2D eigenvalue weighted by Crippen LogP contribution is -2.17. The zero-order valence-electron chi connectivity index (χ0n) is 16.0. The van der Waals surface area contributed by atoms with Crippen LogP contribution >= 0.6 is 34.7 Å². The number of halogens is 1. The van der Waals surface area contributed by atoms with E-state index in [1.807, 2.05) is 47.2 Å². The van der Waals surface area contributed by atoms with Gasteiger partial charge < -0.3 is 16.0 Å². The molecule has 30 heavy (non-hydrogen) atoms. The number of hydrogen-bond donors (Lipinski definition) is 2. The van der Waals surface area contributed by atoms with Crippen molar-refractivity contribution in [3.8, 4) is 11.6 Å². The van der Waals surface area contributed by atoms with Gasteiger partial charge in [0.2, 0.25) is 0 Å². The summed E-state index contributed by atoms with van der Waals surface area (Å²) in [4.78, 5) is 13.4. The summed E-state index contributed by atoms with van der Waals surface area (Å²) in [6.07, 6.45) is 0. The third-order valence-electron chi connectivity index (χ3n) is 4.44. The number of H-pyrrole nitrogens is 1. The summed E-state index contributed by atoms with van der Waals surface area (Å²) in [5.41, 5.74) is 1.34. The van der Waals surface area contributed by atoms with Crippen LogP contribution in [0.25, 0.3) is 0 Å². The molecule has 0 saturated heterocycles. The Balaban J connectivity index is 0.00000256. The van der Waals surface area contributed by atoms with E-state index in [4.69, 9.17) is 16.3 Å². The van der Waals surface area contributed by atoms with Crippen molar-refractivity contribution < 1.29 is 9.84 Å². The summed E-state index contributed by atoms with van der Waals surface area (Å²) in [5.74, 6) is 0.336. The summed E-state index contributed by atoms with van der Waals surface area (Å²) in [6, 6.07) is 16.1. The third kappa shape index (κ3) is 4.27. The minimum atomic E-state index is -0.451. The molecule has 2 heterocycles. The van der Waals surface area contributed by atoms with Crippen LogP contribution in [0.1, 0.15) is 17.2 Å². The molecule has 9 heteroatoms. The molecule has 1 unspecified atom stereocenters. The van der Waals surface area contributed by atoms with E-state index in [9.17, 15) is 9.90 Å². The number of rotatable bonds is 6. The first-order valence-electron chi connectivity index (χ1n) is 8.68. The summed E-state index contributed by atoms with van der Waals surface area (Å²) in [6.45, 7) is 0. The van der Waals surface area contributed by atoms with Crippen LogP contribution in [-0.4, -0.2) is 16.9 Å². The summed E-state index contributed by atoms with van der Waals surface area (Å²) >= 11 is 8.81. The molecule has 2 aromatic carbocycles. The van der Waals surface area contributed by atoms with E-state index in [0.29, 0.717) is 9.92 Å². The number of nitrogens with zero attached hydrogens (tertiary/aromatic N) is 1. The summed E-state index contributed by atoms with van der Waals surface area (Å²) < 4.78 is 6.61. The number of aromatic amines is 1. The van der Waals surface area contributed by atoms with E-state index in [0.717, 1.165) is 28.6 Å². The molecule has 0 fully saturated rings. The number of hydrogen-bond acceptors (Lipinski definition) is 6. The quantitative estimate of drug-likeness (QED) is 0.424. The molecule has 4 rings (SSSR count). The molecule has 0 spiro atoms. The highest BCUT2D eigenvalue weighted by molar-refractivity contribution is 7.99. The number of thiophene rings is 1. The Morgan fingerprint density at radius 2 is 1.87 bits per heavy atom. The Morgan fingerprint density at radius 1 is 1.13 bits per heavy atom. The van der Waals surface area contributed by atoms with Crippen molar-refractivity contribution in [3.63, 3.8) is 0 Å². The Kier molecular flexibility index (Phi) is 6.94. The van der Waals surface area contributed by atoms with Gasteiger partial charge in [-0.15, -0.1) is 0 Å². The predicted molar refractivity (Wildman–Crippen MR) is 120 cm³/mol. The molecule has 0 aliphatic heterocycles. The molecule has 0 saturated carbocycles. The number of benzene rings is 2. The molecule has 4 N–H and O–H groups in total. The molecule has 156 valence electrons. The van der Waals surface area contributed by atoms with Gasteiger partial charge in [0.15, 0.2) is 0 Å². The van der Waals surface area contributed by atoms with Crippen molar-refractivity contribution in [2.45, 2.75) is 15.8 Å². The van der Waals surface area contributed by atoms with E-state index < -0.39 is 11.6 Å². The van der Waals surface area contributed by atoms with Gasteiger partial charge in [-0.2, -0.15) is 11.3 Å². The summed E-state index contributed by atoms with van der Waals surface area (Å²) in [7, 11) is 1.60. The Labute approximate surface area is 186 Å². The average Bonchev–Trinajstić information content (AvgIpc) is 3.35. The number of ether oxygens (including phenoxy) is 1. The lowest BCUT2D eigenvalue weighted by Gasteiger charge is -2.23. The van der Waals surface area contributed by atoms with Gasteiger partial charge >= 0.3 is 0 Å². The molecule has 0 amide bonds. The third-order valence-corrected chi connectivity index (χ3v) is 6.72. The minimum Gasteiger partial charge on any atom is -0.858 e. The van der Waals surface area contributed by atoms with Gasteiger partial charge in [0.05, 0.1) is 23.1 Å². The molecule has 6 nitrogen and oxygen atoms in total. The Morgan fingerprint density at radius 3 is 2.50 bits per heavy atom. The van der Waals surface area contributed by atoms with Gasteiger partial charge in [-0.25, -0.2) is 0 Å². The maximum absolute atomic E-state index is 13.2. The number of nitrogens with one attached hydrogen (secondary N) is 1. The highest BCUT2D eigenvalue weighted by atomic mass is 35.5.